The molecule has 0 saturated carbocycles. The van der Waals surface area contributed by atoms with Gasteiger partial charge in [0.2, 0.25) is 5.95 Å². The topological polar surface area (TPSA) is 122 Å². The number of rotatable bonds is 9. The van der Waals surface area contributed by atoms with Crippen molar-refractivity contribution in [1.82, 2.24) is 15.3 Å². The summed E-state index contributed by atoms with van der Waals surface area (Å²) < 4.78 is 32.1. The minimum Gasteiger partial charge on any atom is -0.489 e. The van der Waals surface area contributed by atoms with Crippen LogP contribution < -0.4 is 20.7 Å². The van der Waals surface area contributed by atoms with E-state index in [9.17, 15) is 13.2 Å². The van der Waals surface area contributed by atoms with Gasteiger partial charge in [-0.1, -0.05) is 12.1 Å². The first-order valence-corrected chi connectivity index (χ1v) is 15.9. The number of anilines is 4. The molecular formula is C31H39N5O4S. The number of piperidine rings is 1. The maximum atomic E-state index is 13.5. The number of nitrogens with one attached hydrogen (secondary N) is 3. The molecule has 41 heavy (non-hydrogen) atoms. The number of ketones is 1. The molecule has 5 rings (SSSR count). The van der Waals surface area contributed by atoms with Crippen molar-refractivity contribution in [2.24, 2.45) is 11.8 Å². The summed E-state index contributed by atoms with van der Waals surface area (Å²) in [6.07, 6.45) is 4.48. The van der Waals surface area contributed by atoms with Crippen LogP contribution in [0.4, 0.5) is 23.1 Å². The van der Waals surface area contributed by atoms with Crippen LogP contribution in [0.15, 0.2) is 47.5 Å². The lowest BCUT2D eigenvalue weighted by molar-refractivity contribution is 0.0877. The maximum absolute atomic E-state index is 13.5. The van der Waals surface area contributed by atoms with Crippen molar-refractivity contribution in [2.75, 3.05) is 23.7 Å². The second kappa shape index (κ2) is 11.8. The fraction of sp³-hybridized carbons (Fsp3) is 0.452. The van der Waals surface area contributed by atoms with E-state index in [1.165, 1.54) is 0 Å². The van der Waals surface area contributed by atoms with Gasteiger partial charge in [0, 0.05) is 23.2 Å². The van der Waals surface area contributed by atoms with Crippen LogP contribution in [0.2, 0.25) is 0 Å². The van der Waals surface area contributed by atoms with Crippen molar-refractivity contribution in [1.29, 1.82) is 0 Å². The third-order valence-corrected chi connectivity index (χ3v) is 10.0. The summed E-state index contributed by atoms with van der Waals surface area (Å²) in [5, 5.41) is 9.35. The number of benzene rings is 2. The number of para-hydroxylation sites is 1. The normalized spacial score (nSPS) is 19.0. The number of nitrogens with zero attached hydrogens (tertiary/aromatic N) is 2. The molecule has 2 aromatic carbocycles. The van der Waals surface area contributed by atoms with Crippen molar-refractivity contribution >= 4 is 38.8 Å². The fourth-order valence-corrected chi connectivity index (χ4v) is 6.75. The second-order valence-electron chi connectivity index (χ2n) is 11.5. The largest absolute Gasteiger partial charge is 0.489 e. The molecule has 2 atom stereocenters. The molecule has 1 unspecified atom stereocenters. The molecule has 1 saturated heterocycles. The molecule has 2 heterocycles. The van der Waals surface area contributed by atoms with Gasteiger partial charge in [-0.3, -0.25) is 4.79 Å². The Bertz CT molecular complexity index is 1550. The fourth-order valence-electron chi connectivity index (χ4n) is 5.55. The van der Waals surface area contributed by atoms with E-state index < -0.39 is 15.1 Å². The van der Waals surface area contributed by atoms with E-state index in [-0.39, 0.29) is 22.7 Å². The zero-order chi connectivity index (χ0) is 29.3. The number of hydrogen-bond donors (Lipinski definition) is 3. The summed E-state index contributed by atoms with van der Waals surface area (Å²) >= 11 is 0. The maximum Gasteiger partial charge on any atom is 0.229 e. The Morgan fingerprint density at radius 3 is 2.56 bits per heavy atom. The van der Waals surface area contributed by atoms with Gasteiger partial charge in [-0.05, 0) is 103 Å². The van der Waals surface area contributed by atoms with Crippen molar-refractivity contribution in [3.8, 4) is 5.75 Å². The lowest BCUT2D eigenvalue weighted by atomic mass is 9.84. The van der Waals surface area contributed by atoms with E-state index in [2.05, 4.69) is 25.9 Å². The van der Waals surface area contributed by atoms with Gasteiger partial charge in [-0.15, -0.1) is 0 Å². The summed E-state index contributed by atoms with van der Waals surface area (Å²) in [6.45, 7) is 11.0. The molecule has 1 aromatic heterocycles. The number of hydrogen-bond acceptors (Lipinski definition) is 9. The van der Waals surface area contributed by atoms with Gasteiger partial charge in [0.05, 0.1) is 27.6 Å². The van der Waals surface area contributed by atoms with Gasteiger partial charge < -0.3 is 20.7 Å². The summed E-state index contributed by atoms with van der Waals surface area (Å²) in [5.41, 5.74) is 3.55. The van der Waals surface area contributed by atoms with Crippen LogP contribution in [0.3, 0.4) is 0 Å². The Morgan fingerprint density at radius 1 is 1.07 bits per heavy atom. The lowest BCUT2D eigenvalue weighted by Gasteiger charge is -2.26. The van der Waals surface area contributed by atoms with Crippen LogP contribution >= 0.6 is 0 Å². The van der Waals surface area contributed by atoms with E-state index in [1.807, 2.05) is 32.9 Å². The second-order valence-corrected chi connectivity index (χ2v) is 14.0. The molecule has 10 heteroatoms. The minimum atomic E-state index is -3.51. The molecule has 3 aromatic rings. The van der Waals surface area contributed by atoms with Gasteiger partial charge >= 0.3 is 0 Å². The van der Waals surface area contributed by atoms with E-state index in [1.54, 1.807) is 44.3 Å². The van der Waals surface area contributed by atoms with Gasteiger partial charge in [0.1, 0.15) is 11.6 Å². The Hall–Kier alpha value is -3.50. The number of sulfone groups is 1. The molecule has 0 spiro atoms. The van der Waals surface area contributed by atoms with Crippen molar-refractivity contribution in [3.05, 3.63) is 59.3 Å². The van der Waals surface area contributed by atoms with Crippen LogP contribution in [0.1, 0.15) is 62.0 Å². The first-order valence-electron chi connectivity index (χ1n) is 14.3. The molecule has 2 aliphatic rings. The summed E-state index contributed by atoms with van der Waals surface area (Å²) in [4.78, 5) is 22.9. The molecule has 3 N–H and O–H groups in total. The molecule has 1 aliphatic heterocycles. The highest BCUT2D eigenvalue weighted by Gasteiger charge is 2.37. The highest BCUT2D eigenvalue weighted by molar-refractivity contribution is 7.92. The highest BCUT2D eigenvalue weighted by atomic mass is 32.2. The van der Waals surface area contributed by atoms with Crippen LogP contribution in [0, 0.1) is 18.8 Å². The van der Waals surface area contributed by atoms with Crippen molar-refractivity contribution < 1.29 is 17.9 Å². The van der Waals surface area contributed by atoms with E-state index >= 15 is 0 Å². The molecule has 0 bridgehead atoms. The minimum absolute atomic E-state index is 0.0198. The number of carbonyl (C=O) groups excluding carboxylic acids is 1. The number of carbonyl (C=O) groups is 1. The Balaban J connectivity index is 1.45. The first-order chi connectivity index (χ1) is 19.5. The van der Waals surface area contributed by atoms with E-state index in [4.69, 9.17) is 4.74 Å². The zero-order valence-electron chi connectivity index (χ0n) is 24.3. The Morgan fingerprint density at radius 2 is 1.85 bits per heavy atom. The van der Waals surface area contributed by atoms with Crippen LogP contribution in [-0.4, -0.2) is 48.6 Å². The summed E-state index contributed by atoms with van der Waals surface area (Å²) in [5.74, 6) is 1.92. The van der Waals surface area contributed by atoms with Gasteiger partial charge in [-0.25, -0.2) is 13.4 Å². The van der Waals surface area contributed by atoms with Crippen LogP contribution in [0.25, 0.3) is 0 Å². The van der Waals surface area contributed by atoms with E-state index in [0.29, 0.717) is 34.8 Å². The van der Waals surface area contributed by atoms with Crippen molar-refractivity contribution in [3.63, 3.8) is 0 Å². The van der Waals surface area contributed by atoms with Crippen molar-refractivity contribution in [2.45, 2.75) is 70.1 Å². The molecule has 0 radical (unpaired) electrons. The number of aryl methyl sites for hydroxylation is 1. The number of ether oxygens (including phenoxy) is 1. The third-order valence-electron chi connectivity index (χ3n) is 7.80. The first kappa shape index (κ1) is 29.0. The number of aromatic nitrogens is 2. The standard InChI is InChI=1S/C31H39N5O4S/c1-18(2)40-27-14-22-13-23(21-9-8-12-32-17-21)29(37)24(22)15-26(27)35-31-33-16-20(5)30(36-31)34-25-10-6-7-11-28(25)41(38,39)19(3)4/h6-7,10-11,14-16,18-19,21,23,32H,8-9,12-13,17H2,1-5H3,(H2,33,34,35,36)/t21-,23?/m1/s1. The van der Waals surface area contributed by atoms with Crippen LogP contribution in [0.5, 0.6) is 5.75 Å². The average Bonchev–Trinajstić information content (AvgIpc) is 3.26. The summed E-state index contributed by atoms with van der Waals surface area (Å²) in [6, 6.07) is 10.7. The monoisotopic (exact) mass is 577 g/mol. The molecule has 218 valence electrons. The van der Waals surface area contributed by atoms with Gasteiger partial charge in [0.25, 0.3) is 0 Å². The number of fused-ring (bicyclic) bond motifs is 1. The SMILES string of the molecule is Cc1cnc(Nc2cc3c(cc2OC(C)C)CC([C@@H]2CCCNC2)C3=O)nc1Nc1ccccc1S(=O)(=O)C(C)C. The quantitative estimate of drug-likeness (QED) is 0.298. The average molecular weight is 578 g/mol. The predicted molar refractivity (Wildman–Crippen MR) is 161 cm³/mol. The summed E-state index contributed by atoms with van der Waals surface area (Å²) in [7, 11) is -3.51. The molecule has 1 fully saturated rings. The molecule has 0 amide bonds. The van der Waals surface area contributed by atoms with Gasteiger partial charge in [0.15, 0.2) is 15.6 Å². The molecular weight excluding hydrogens is 538 g/mol. The Labute approximate surface area is 242 Å². The Kier molecular flexibility index (Phi) is 8.33. The lowest BCUT2D eigenvalue weighted by Crippen LogP contribution is -2.36. The van der Waals surface area contributed by atoms with Gasteiger partial charge in [-0.2, -0.15) is 4.98 Å². The molecule has 9 nitrogen and oxygen atoms in total. The van der Waals surface area contributed by atoms with E-state index in [0.717, 1.165) is 49.0 Å². The predicted octanol–water partition coefficient (Wildman–Crippen LogP) is 5.60. The zero-order valence-corrected chi connectivity index (χ0v) is 25.1. The van der Waals surface area contributed by atoms with Crippen LogP contribution in [-0.2, 0) is 16.3 Å². The third kappa shape index (κ3) is 6.08. The smallest absolute Gasteiger partial charge is 0.229 e. The molecule has 1 aliphatic carbocycles. The highest BCUT2D eigenvalue weighted by Crippen LogP contribution is 2.40. The number of Topliss-reactive ketones (excluding diaryl/α,β-unsaturated/α-hetero) is 1.